The summed E-state index contributed by atoms with van der Waals surface area (Å²) < 4.78 is 0. The molecule has 3 heteroatoms. The first-order chi connectivity index (χ1) is 10.1. The lowest BCUT2D eigenvalue weighted by Gasteiger charge is -2.04. The van der Waals surface area contributed by atoms with Gasteiger partial charge in [-0.3, -0.25) is 9.59 Å². The summed E-state index contributed by atoms with van der Waals surface area (Å²) >= 11 is 0. The van der Waals surface area contributed by atoms with Gasteiger partial charge in [-0.15, -0.1) is 0 Å². The largest absolute Gasteiger partial charge is 0.481 e. The van der Waals surface area contributed by atoms with Gasteiger partial charge < -0.3 is 5.11 Å². The van der Waals surface area contributed by atoms with Gasteiger partial charge in [0.2, 0.25) is 0 Å². The molecule has 1 aromatic carbocycles. The van der Waals surface area contributed by atoms with Gasteiger partial charge in [-0.1, -0.05) is 50.5 Å². The van der Waals surface area contributed by atoms with Crippen LogP contribution in [0.4, 0.5) is 0 Å². The second-order valence-corrected chi connectivity index (χ2v) is 5.53. The number of aryl methyl sites for hydroxylation is 1. The molecular formula is C18H26O3. The third-order valence-corrected chi connectivity index (χ3v) is 3.64. The lowest BCUT2D eigenvalue weighted by atomic mass is 10.0. The molecule has 1 aromatic rings. The van der Waals surface area contributed by atoms with Crippen LogP contribution in [0.2, 0.25) is 0 Å². The van der Waals surface area contributed by atoms with Gasteiger partial charge in [0.1, 0.15) is 0 Å². The minimum Gasteiger partial charge on any atom is -0.481 e. The topological polar surface area (TPSA) is 54.4 Å². The lowest BCUT2D eigenvalue weighted by molar-refractivity contribution is -0.137. The number of hydrogen-bond donors (Lipinski definition) is 1. The van der Waals surface area contributed by atoms with Crippen molar-refractivity contribution in [3.8, 4) is 0 Å². The van der Waals surface area contributed by atoms with E-state index >= 15 is 0 Å². The fourth-order valence-corrected chi connectivity index (χ4v) is 2.32. The Bertz CT molecular complexity index is 434. The predicted molar refractivity (Wildman–Crippen MR) is 84.7 cm³/mol. The smallest absolute Gasteiger partial charge is 0.303 e. The van der Waals surface area contributed by atoms with Crippen molar-refractivity contribution in [3.05, 3.63) is 35.4 Å². The van der Waals surface area contributed by atoms with Crippen LogP contribution in [0.3, 0.4) is 0 Å². The Morgan fingerprint density at radius 1 is 0.905 bits per heavy atom. The van der Waals surface area contributed by atoms with Crippen molar-refractivity contribution >= 4 is 11.8 Å². The Labute approximate surface area is 127 Å². The number of carboxylic acids is 1. The van der Waals surface area contributed by atoms with Crippen LogP contribution in [0, 0.1) is 0 Å². The average molecular weight is 290 g/mol. The Balaban J connectivity index is 2.31. The third-order valence-electron chi connectivity index (χ3n) is 3.64. The average Bonchev–Trinajstić information content (AvgIpc) is 2.48. The molecule has 21 heavy (non-hydrogen) atoms. The molecule has 1 rings (SSSR count). The number of carboxylic acid groups (broad SMARTS) is 1. The maximum atomic E-state index is 12.0. The van der Waals surface area contributed by atoms with Gasteiger partial charge in [0.15, 0.2) is 5.78 Å². The zero-order valence-electron chi connectivity index (χ0n) is 12.9. The number of hydrogen-bond acceptors (Lipinski definition) is 2. The maximum Gasteiger partial charge on any atom is 0.303 e. The molecule has 0 bridgehead atoms. The molecule has 0 saturated heterocycles. The molecule has 0 fully saturated rings. The van der Waals surface area contributed by atoms with Gasteiger partial charge in [0.05, 0.1) is 0 Å². The van der Waals surface area contributed by atoms with Crippen LogP contribution in [-0.4, -0.2) is 16.9 Å². The molecule has 0 heterocycles. The highest BCUT2D eigenvalue weighted by atomic mass is 16.4. The normalized spacial score (nSPS) is 10.5. The van der Waals surface area contributed by atoms with E-state index in [-0.39, 0.29) is 12.2 Å². The first kappa shape index (κ1) is 17.4. The SMILES string of the molecule is CCCCCCc1ccc(C(=O)CCCCC(=O)O)cc1. The number of rotatable bonds is 11. The number of aliphatic carboxylic acids is 1. The van der Waals surface area contributed by atoms with Crippen LogP contribution < -0.4 is 0 Å². The van der Waals surface area contributed by atoms with Crippen molar-refractivity contribution in [1.29, 1.82) is 0 Å². The molecule has 0 aliphatic rings. The van der Waals surface area contributed by atoms with Gasteiger partial charge in [0.25, 0.3) is 0 Å². The molecule has 0 saturated carbocycles. The van der Waals surface area contributed by atoms with Crippen LogP contribution in [0.5, 0.6) is 0 Å². The highest BCUT2D eigenvalue weighted by Crippen LogP contribution is 2.12. The van der Waals surface area contributed by atoms with Crippen molar-refractivity contribution in [2.24, 2.45) is 0 Å². The second-order valence-electron chi connectivity index (χ2n) is 5.53. The van der Waals surface area contributed by atoms with Crippen LogP contribution in [0.15, 0.2) is 24.3 Å². The zero-order valence-corrected chi connectivity index (χ0v) is 12.9. The molecule has 0 spiro atoms. The van der Waals surface area contributed by atoms with Crippen LogP contribution in [0.25, 0.3) is 0 Å². The monoisotopic (exact) mass is 290 g/mol. The van der Waals surface area contributed by atoms with Gasteiger partial charge in [0, 0.05) is 18.4 Å². The highest BCUT2D eigenvalue weighted by molar-refractivity contribution is 5.96. The Hall–Kier alpha value is -1.64. The molecule has 0 unspecified atom stereocenters. The first-order valence-electron chi connectivity index (χ1n) is 7.97. The van der Waals surface area contributed by atoms with Crippen molar-refractivity contribution < 1.29 is 14.7 Å². The summed E-state index contributed by atoms with van der Waals surface area (Å²) in [5.74, 6) is -0.687. The summed E-state index contributed by atoms with van der Waals surface area (Å²) in [4.78, 5) is 22.3. The second kappa shape index (κ2) is 10.1. The fraction of sp³-hybridized carbons (Fsp3) is 0.556. The van der Waals surface area contributed by atoms with E-state index in [1.54, 1.807) is 0 Å². The van der Waals surface area contributed by atoms with Crippen molar-refractivity contribution in [2.45, 2.75) is 64.7 Å². The maximum absolute atomic E-state index is 12.0. The molecule has 0 aliphatic carbocycles. The molecule has 116 valence electrons. The highest BCUT2D eigenvalue weighted by Gasteiger charge is 2.06. The molecule has 1 N–H and O–H groups in total. The van der Waals surface area contributed by atoms with Gasteiger partial charge in [-0.2, -0.15) is 0 Å². The third kappa shape index (κ3) is 7.64. The van der Waals surface area contributed by atoms with Gasteiger partial charge >= 0.3 is 5.97 Å². The molecule has 3 nitrogen and oxygen atoms in total. The van der Waals surface area contributed by atoms with E-state index in [4.69, 9.17) is 5.11 Å². The fourth-order valence-electron chi connectivity index (χ4n) is 2.32. The van der Waals surface area contributed by atoms with E-state index in [9.17, 15) is 9.59 Å². The van der Waals surface area contributed by atoms with Gasteiger partial charge in [-0.25, -0.2) is 0 Å². The molecule has 0 aromatic heterocycles. The Morgan fingerprint density at radius 3 is 2.19 bits per heavy atom. The number of carbonyl (C=O) groups excluding carboxylic acids is 1. The van der Waals surface area contributed by atoms with Crippen LogP contribution in [-0.2, 0) is 11.2 Å². The molecular weight excluding hydrogens is 264 g/mol. The molecule has 0 atom stereocenters. The Morgan fingerprint density at radius 2 is 1.57 bits per heavy atom. The van der Waals surface area contributed by atoms with Crippen molar-refractivity contribution in [2.75, 3.05) is 0 Å². The molecule has 0 aliphatic heterocycles. The van der Waals surface area contributed by atoms with E-state index in [1.165, 1.54) is 31.2 Å². The first-order valence-corrected chi connectivity index (χ1v) is 7.97. The molecule has 0 radical (unpaired) electrons. The quantitative estimate of drug-likeness (QED) is 0.477. The van der Waals surface area contributed by atoms with E-state index in [2.05, 4.69) is 6.92 Å². The summed E-state index contributed by atoms with van der Waals surface area (Å²) in [6.07, 6.45) is 7.86. The van der Waals surface area contributed by atoms with Crippen LogP contribution in [0.1, 0.15) is 74.2 Å². The number of Topliss-reactive ketones (excluding diaryl/α,β-unsaturated/α-hetero) is 1. The number of unbranched alkanes of at least 4 members (excludes halogenated alkanes) is 4. The minimum absolute atomic E-state index is 0.109. The van der Waals surface area contributed by atoms with E-state index < -0.39 is 5.97 Å². The summed E-state index contributed by atoms with van der Waals surface area (Å²) in [6.45, 7) is 2.21. The minimum atomic E-state index is -0.796. The van der Waals surface area contributed by atoms with Gasteiger partial charge in [-0.05, 0) is 31.2 Å². The van der Waals surface area contributed by atoms with E-state index in [1.807, 2.05) is 24.3 Å². The standard InChI is InChI=1S/C18H26O3/c1-2-3-4-5-8-15-11-13-16(14-12-15)17(19)9-6-7-10-18(20)21/h11-14H,2-10H2,1H3,(H,20,21). The van der Waals surface area contributed by atoms with Crippen LogP contribution >= 0.6 is 0 Å². The van der Waals surface area contributed by atoms with E-state index in [0.717, 1.165) is 12.0 Å². The number of benzene rings is 1. The predicted octanol–water partition coefficient (Wildman–Crippen LogP) is 4.64. The summed E-state index contributed by atoms with van der Waals surface area (Å²) in [5.41, 5.74) is 2.02. The summed E-state index contributed by atoms with van der Waals surface area (Å²) in [5, 5.41) is 8.55. The Kier molecular flexibility index (Phi) is 8.41. The summed E-state index contributed by atoms with van der Waals surface area (Å²) in [7, 11) is 0. The molecule has 0 amide bonds. The zero-order chi connectivity index (χ0) is 15.5. The summed E-state index contributed by atoms with van der Waals surface area (Å²) in [6, 6.07) is 7.87. The lowest BCUT2D eigenvalue weighted by Crippen LogP contribution is -2.00. The van der Waals surface area contributed by atoms with Crippen molar-refractivity contribution in [1.82, 2.24) is 0 Å². The number of carbonyl (C=O) groups is 2. The van der Waals surface area contributed by atoms with Crippen molar-refractivity contribution in [3.63, 3.8) is 0 Å². The number of ketones is 1. The van der Waals surface area contributed by atoms with E-state index in [0.29, 0.717) is 19.3 Å².